The third kappa shape index (κ3) is 5.59. The van der Waals surface area contributed by atoms with E-state index in [9.17, 15) is 14.9 Å². The zero-order chi connectivity index (χ0) is 24.3. The van der Waals surface area contributed by atoms with Crippen LogP contribution in [0, 0.1) is 18.3 Å². The van der Waals surface area contributed by atoms with Crippen molar-refractivity contribution >= 4 is 17.6 Å². The quantitative estimate of drug-likeness (QED) is 0.498. The summed E-state index contributed by atoms with van der Waals surface area (Å²) in [6, 6.07) is 7.03. The maximum absolute atomic E-state index is 13.2. The van der Waals surface area contributed by atoms with Crippen molar-refractivity contribution in [2.75, 3.05) is 7.11 Å². The van der Waals surface area contributed by atoms with Gasteiger partial charge in [-0.1, -0.05) is 16.8 Å². The van der Waals surface area contributed by atoms with Gasteiger partial charge in [-0.05, 0) is 39.0 Å². The third-order valence-corrected chi connectivity index (χ3v) is 4.85. The number of carbonyl (C=O) groups is 1. The number of carbonyl (C=O) groups excluding carboxylic acids is 1. The van der Waals surface area contributed by atoms with Crippen LogP contribution in [0.4, 0.5) is 0 Å². The summed E-state index contributed by atoms with van der Waals surface area (Å²) in [6.07, 6.45) is 1.37. The van der Waals surface area contributed by atoms with Crippen LogP contribution >= 0.6 is 11.6 Å². The number of esters is 1. The predicted octanol–water partition coefficient (Wildman–Crippen LogP) is 3.87. The largest absolute Gasteiger partial charge is 0.495 e. The second-order valence-corrected chi connectivity index (χ2v) is 8.72. The Balaban J connectivity index is 2.15. The van der Waals surface area contributed by atoms with E-state index in [1.165, 1.54) is 23.9 Å². The Bertz CT molecular complexity index is 1280. The lowest BCUT2D eigenvalue weighted by Crippen LogP contribution is -2.36. The minimum atomic E-state index is -1.08. The van der Waals surface area contributed by atoms with Crippen LogP contribution in [0.3, 0.4) is 0 Å². The van der Waals surface area contributed by atoms with Crippen molar-refractivity contribution in [3.63, 3.8) is 0 Å². The molecule has 0 bridgehead atoms. The Kier molecular flexibility index (Phi) is 6.89. The zero-order valence-corrected chi connectivity index (χ0v) is 19.6. The highest BCUT2D eigenvalue weighted by Crippen LogP contribution is 2.33. The number of nitrogens with zero attached hydrogens (tertiary/aromatic N) is 4. The normalized spacial score (nSPS) is 12.2. The van der Waals surface area contributed by atoms with E-state index in [1.54, 1.807) is 45.9 Å². The molecule has 1 aromatic carbocycles. The molecule has 0 N–H and O–H groups in total. The Morgan fingerprint density at radius 3 is 2.61 bits per heavy atom. The van der Waals surface area contributed by atoms with Crippen molar-refractivity contribution in [1.29, 1.82) is 5.26 Å². The topological polar surface area (TPSA) is 120 Å². The SMILES string of the molecule is COc1cn(C(Cc2noc(C)n2)C(=O)OC(C)(C)C)c(=O)cc1-c1cc(Cl)ccc1C#N. The van der Waals surface area contributed by atoms with Crippen molar-refractivity contribution in [3.05, 3.63) is 63.1 Å². The Morgan fingerprint density at radius 1 is 1.30 bits per heavy atom. The van der Waals surface area contributed by atoms with Crippen LogP contribution < -0.4 is 10.3 Å². The molecule has 1 atom stereocenters. The second kappa shape index (κ2) is 9.46. The first-order chi connectivity index (χ1) is 15.5. The fourth-order valence-corrected chi connectivity index (χ4v) is 3.42. The molecule has 0 amide bonds. The Labute approximate surface area is 195 Å². The first-order valence-corrected chi connectivity index (χ1v) is 10.4. The van der Waals surface area contributed by atoms with E-state index in [1.807, 2.05) is 0 Å². The highest BCUT2D eigenvalue weighted by molar-refractivity contribution is 6.31. The monoisotopic (exact) mass is 470 g/mol. The molecule has 3 rings (SSSR count). The third-order valence-electron chi connectivity index (χ3n) is 4.62. The fraction of sp³-hybridized carbons (Fsp3) is 0.348. The number of hydrogen-bond donors (Lipinski definition) is 0. The summed E-state index contributed by atoms with van der Waals surface area (Å²) in [4.78, 5) is 30.4. The van der Waals surface area contributed by atoms with Crippen molar-refractivity contribution < 1.29 is 18.8 Å². The molecule has 10 heteroatoms. The lowest BCUT2D eigenvalue weighted by molar-refractivity contribution is -0.159. The van der Waals surface area contributed by atoms with Gasteiger partial charge in [-0.2, -0.15) is 10.2 Å². The molecule has 0 spiro atoms. The van der Waals surface area contributed by atoms with E-state index in [2.05, 4.69) is 16.2 Å². The van der Waals surface area contributed by atoms with Crippen LogP contribution in [0.15, 0.2) is 39.8 Å². The molecule has 0 fully saturated rings. The number of hydrogen-bond acceptors (Lipinski definition) is 8. The molecular formula is C23H23ClN4O5. The minimum Gasteiger partial charge on any atom is -0.495 e. The molecule has 2 heterocycles. The number of aromatic nitrogens is 3. The molecular weight excluding hydrogens is 448 g/mol. The van der Waals surface area contributed by atoms with Gasteiger partial charge in [-0.3, -0.25) is 9.36 Å². The molecule has 0 saturated heterocycles. The average molecular weight is 471 g/mol. The lowest BCUT2D eigenvalue weighted by atomic mass is 10.00. The fourth-order valence-electron chi connectivity index (χ4n) is 3.24. The van der Waals surface area contributed by atoms with E-state index >= 15 is 0 Å². The van der Waals surface area contributed by atoms with Gasteiger partial charge >= 0.3 is 5.97 Å². The number of rotatable bonds is 6. The predicted molar refractivity (Wildman–Crippen MR) is 120 cm³/mol. The number of methoxy groups -OCH3 is 1. The van der Waals surface area contributed by atoms with Crippen LogP contribution in [0.1, 0.15) is 44.1 Å². The molecule has 2 aromatic heterocycles. The van der Waals surface area contributed by atoms with Crippen molar-refractivity contribution in [1.82, 2.24) is 14.7 Å². The van der Waals surface area contributed by atoms with Gasteiger partial charge in [0.15, 0.2) is 5.82 Å². The molecule has 3 aromatic rings. The van der Waals surface area contributed by atoms with Crippen LogP contribution in [-0.2, 0) is 16.0 Å². The average Bonchev–Trinajstić information content (AvgIpc) is 3.15. The standard InChI is InChI=1S/C23H23ClN4O5/c1-13-26-20(27-33-13)10-18(22(30)32-23(2,3)4)28-12-19(31-5)17(9-21(28)29)16-8-15(24)7-6-14(16)11-25/h6-9,12,18H,10H2,1-5H3. The highest BCUT2D eigenvalue weighted by Gasteiger charge is 2.30. The van der Waals surface area contributed by atoms with Gasteiger partial charge in [0.2, 0.25) is 5.89 Å². The Hall–Kier alpha value is -3.64. The molecule has 1 unspecified atom stereocenters. The van der Waals surface area contributed by atoms with Gasteiger partial charge in [0.1, 0.15) is 17.4 Å². The second-order valence-electron chi connectivity index (χ2n) is 8.29. The molecule has 33 heavy (non-hydrogen) atoms. The number of benzene rings is 1. The molecule has 0 saturated carbocycles. The summed E-state index contributed by atoms with van der Waals surface area (Å²) in [5.74, 6) is 0.214. The van der Waals surface area contributed by atoms with E-state index in [4.69, 9.17) is 25.6 Å². The van der Waals surface area contributed by atoms with Gasteiger partial charge in [0.25, 0.3) is 5.56 Å². The first-order valence-electron chi connectivity index (χ1n) is 10.0. The van der Waals surface area contributed by atoms with Gasteiger partial charge in [-0.25, -0.2) is 4.79 Å². The van der Waals surface area contributed by atoms with Gasteiger partial charge in [0, 0.05) is 35.6 Å². The summed E-state index contributed by atoms with van der Waals surface area (Å²) in [5.41, 5.74) is -0.157. The molecule has 0 aliphatic carbocycles. The molecule has 172 valence electrons. The number of aryl methyl sites for hydroxylation is 1. The van der Waals surface area contributed by atoms with Crippen LogP contribution in [0.2, 0.25) is 5.02 Å². The van der Waals surface area contributed by atoms with E-state index in [-0.39, 0.29) is 18.0 Å². The van der Waals surface area contributed by atoms with Crippen LogP contribution in [0.25, 0.3) is 11.1 Å². The number of pyridine rings is 1. The zero-order valence-electron chi connectivity index (χ0n) is 18.9. The summed E-state index contributed by atoms with van der Waals surface area (Å²) < 4.78 is 17.3. The summed E-state index contributed by atoms with van der Waals surface area (Å²) in [5, 5.41) is 13.7. The van der Waals surface area contributed by atoms with Crippen molar-refractivity contribution in [3.8, 4) is 22.9 Å². The molecule has 9 nitrogen and oxygen atoms in total. The van der Waals surface area contributed by atoms with Gasteiger partial charge < -0.3 is 14.0 Å². The number of halogens is 1. The van der Waals surface area contributed by atoms with E-state index in [0.717, 1.165) is 0 Å². The summed E-state index contributed by atoms with van der Waals surface area (Å²) in [7, 11) is 1.43. The maximum atomic E-state index is 13.2. The lowest BCUT2D eigenvalue weighted by Gasteiger charge is -2.25. The van der Waals surface area contributed by atoms with Crippen LogP contribution in [0.5, 0.6) is 5.75 Å². The van der Waals surface area contributed by atoms with Gasteiger partial charge in [-0.15, -0.1) is 0 Å². The summed E-state index contributed by atoms with van der Waals surface area (Å²) >= 11 is 6.12. The van der Waals surface area contributed by atoms with Crippen molar-refractivity contribution in [2.45, 2.75) is 45.8 Å². The maximum Gasteiger partial charge on any atom is 0.330 e. The first kappa shape index (κ1) is 24.0. The van der Waals surface area contributed by atoms with E-state index in [0.29, 0.717) is 27.6 Å². The van der Waals surface area contributed by atoms with Crippen LogP contribution in [-0.4, -0.2) is 33.4 Å². The Morgan fingerprint density at radius 2 is 2.03 bits per heavy atom. The molecule has 0 aliphatic heterocycles. The molecule has 0 radical (unpaired) electrons. The number of ether oxygens (including phenoxy) is 2. The number of nitriles is 1. The smallest absolute Gasteiger partial charge is 0.330 e. The minimum absolute atomic E-state index is 0.0325. The highest BCUT2D eigenvalue weighted by atomic mass is 35.5. The summed E-state index contributed by atoms with van der Waals surface area (Å²) in [6.45, 7) is 6.82. The molecule has 0 aliphatic rings. The van der Waals surface area contributed by atoms with Gasteiger partial charge in [0.05, 0.1) is 24.9 Å². The van der Waals surface area contributed by atoms with E-state index < -0.39 is 23.2 Å². The van der Waals surface area contributed by atoms with Crippen molar-refractivity contribution in [2.24, 2.45) is 0 Å².